The summed E-state index contributed by atoms with van der Waals surface area (Å²) >= 11 is 0. The Morgan fingerprint density at radius 1 is 1.09 bits per heavy atom. The molecular formula is C17H18F2N2O. The third-order valence-corrected chi connectivity index (χ3v) is 3.27. The van der Waals surface area contributed by atoms with Gasteiger partial charge in [-0.3, -0.25) is 4.79 Å². The number of nitrogens with one attached hydrogen (secondary N) is 2. The molecule has 2 rings (SSSR count). The van der Waals surface area contributed by atoms with Gasteiger partial charge in [0, 0.05) is 18.7 Å². The summed E-state index contributed by atoms with van der Waals surface area (Å²) in [6.45, 7) is 4.04. The van der Waals surface area contributed by atoms with Gasteiger partial charge in [-0.05, 0) is 37.6 Å². The Balaban J connectivity index is 1.88. The van der Waals surface area contributed by atoms with E-state index in [2.05, 4.69) is 10.6 Å². The van der Waals surface area contributed by atoms with Crippen LogP contribution in [0.5, 0.6) is 0 Å². The largest absolute Gasteiger partial charge is 0.380 e. The van der Waals surface area contributed by atoms with Crippen molar-refractivity contribution < 1.29 is 13.6 Å². The van der Waals surface area contributed by atoms with Gasteiger partial charge in [0.15, 0.2) is 0 Å². The number of carbonyl (C=O) groups is 1. The molecule has 2 aromatic carbocycles. The van der Waals surface area contributed by atoms with Gasteiger partial charge in [0.1, 0.15) is 17.3 Å². The molecule has 0 aliphatic heterocycles. The zero-order valence-electron chi connectivity index (χ0n) is 12.5. The first-order chi connectivity index (χ1) is 10.5. The minimum atomic E-state index is -0.671. The fourth-order valence-corrected chi connectivity index (χ4v) is 2.13. The number of benzene rings is 2. The number of halogens is 2. The summed E-state index contributed by atoms with van der Waals surface area (Å²) in [5.74, 6) is -1.55. The average Bonchev–Trinajstić information content (AvgIpc) is 2.45. The van der Waals surface area contributed by atoms with Crippen LogP contribution in [-0.2, 0) is 4.79 Å². The summed E-state index contributed by atoms with van der Waals surface area (Å²) in [4.78, 5) is 11.9. The predicted molar refractivity (Wildman–Crippen MR) is 84.0 cm³/mol. The number of hydrogen-bond donors (Lipinski definition) is 2. The number of rotatable bonds is 5. The summed E-state index contributed by atoms with van der Waals surface area (Å²) in [7, 11) is 0. The van der Waals surface area contributed by atoms with Crippen LogP contribution in [-0.4, -0.2) is 12.5 Å². The number of amides is 1. The van der Waals surface area contributed by atoms with Gasteiger partial charge in [-0.15, -0.1) is 0 Å². The van der Waals surface area contributed by atoms with E-state index < -0.39 is 11.6 Å². The quantitative estimate of drug-likeness (QED) is 0.876. The van der Waals surface area contributed by atoms with Crippen LogP contribution in [0.1, 0.15) is 17.5 Å². The van der Waals surface area contributed by atoms with Crippen molar-refractivity contribution in [2.45, 2.75) is 20.3 Å². The molecule has 2 aromatic rings. The molecule has 2 N–H and O–H groups in total. The highest BCUT2D eigenvalue weighted by Gasteiger charge is 2.09. The normalized spacial score (nSPS) is 10.4. The Morgan fingerprint density at radius 2 is 1.77 bits per heavy atom. The van der Waals surface area contributed by atoms with Crippen molar-refractivity contribution >= 4 is 17.3 Å². The Kier molecular flexibility index (Phi) is 5.09. The van der Waals surface area contributed by atoms with E-state index in [1.54, 1.807) is 0 Å². The number of aryl methyl sites for hydroxylation is 2. The zero-order chi connectivity index (χ0) is 16.1. The van der Waals surface area contributed by atoms with Crippen LogP contribution < -0.4 is 10.6 Å². The molecule has 0 fully saturated rings. The molecule has 116 valence electrons. The van der Waals surface area contributed by atoms with Crippen molar-refractivity contribution in [3.8, 4) is 0 Å². The molecule has 1 amide bonds. The SMILES string of the molecule is Cc1ccc(NC(=O)CCNc2c(F)cccc2F)c(C)c1. The second-order valence-electron chi connectivity index (χ2n) is 5.14. The van der Waals surface area contributed by atoms with Crippen LogP contribution in [0.2, 0.25) is 0 Å². The molecule has 0 aliphatic rings. The van der Waals surface area contributed by atoms with Gasteiger partial charge in [0.25, 0.3) is 0 Å². The molecule has 0 spiro atoms. The van der Waals surface area contributed by atoms with Crippen molar-refractivity contribution in [2.24, 2.45) is 0 Å². The summed E-state index contributed by atoms with van der Waals surface area (Å²) < 4.78 is 26.8. The van der Waals surface area contributed by atoms with Crippen molar-refractivity contribution in [3.05, 3.63) is 59.2 Å². The molecule has 22 heavy (non-hydrogen) atoms. The van der Waals surface area contributed by atoms with Gasteiger partial charge in [-0.2, -0.15) is 0 Å². The van der Waals surface area contributed by atoms with Crippen LogP contribution in [0.3, 0.4) is 0 Å². The number of carbonyl (C=O) groups excluding carboxylic acids is 1. The lowest BCUT2D eigenvalue weighted by Crippen LogP contribution is -2.17. The Hall–Kier alpha value is -2.43. The van der Waals surface area contributed by atoms with Gasteiger partial charge in [-0.1, -0.05) is 23.8 Å². The highest BCUT2D eigenvalue weighted by atomic mass is 19.1. The van der Waals surface area contributed by atoms with E-state index in [1.165, 1.54) is 18.2 Å². The summed E-state index contributed by atoms with van der Waals surface area (Å²) in [6, 6.07) is 9.36. The Labute approximate surface area is 128 Å². The first-order valence-corrected chi connectivity index (χ1v) is 7.02. The van der Waals surface area contributed by atoms with Gasteiger partial charge >= 0.3 is 0 Å². The Morgan fingerprint density at radius 3 is 2.41 bits per heavy atom. The molecule has 5 heteroatoms. The Bertz CT molecular complexity index is 666. The molecule has 0 radical (unpaired) electrons. The van der Waals surface area contributed by atoms with Crippen molar-refractivity contribution in [1.82, 2.24) is 0 Å². The van der Waals surface area contributed by atoms with Crippen LogP contribution in [0.4, 0.5) is 20.2 Å². The minimum absolute atomic E-state index is 0.112. The number of anilines is 2. The van der Waals surface area contributed by atoms with Crippen molar-refractivity contribution in [1.29, 1.82) is 0 Å². The maximum absolute atomic E-state index is 13.4. The fourth-order valence-electron chi connectivity index (χ4n) is 2.13. The van der Waals surface area contributed by atoms with Crippen LogP contribution >= 0.6 is 0 Å². The molecule has 0 heterocycles. The minimum Gasteiger partial charge on any atom is -0.380 e. The summed E-state index contributed by atoms with van der Waals surface area (Å²) in [6.07, 6.45) is 0.112. The molecule has 0 aliphatic carbocycles. The first kappa shape index (κ1) is 15.9. The first-order valence-electron chi connectivity index (χ1n) is 7.02. The van der Waals surface area contributed by atoms with Crippen molar-refractivity contribution in [3.63, 3.8) is 0 Å². The van der Waals surface area contributed by atoms with Crippen LogP contribution in [0, 0.1) is 25.5 Å². The molecule has 0 atom stereocenters. The van der Waals surface area contributed by atoms with E-state index in [4.69, 9.17) is 0 Å². The average molecular weight is 304 g/mol. The molecule has 0 bridgehead atoms. The summed E-state index contributed by atoms with van der Waals surface area (Å²) in [5.41, 5.74) is 2.63. The highest BCUT2D eigenvalue weighted by molar-refractivity contribution is 5.91. The maximum Gasteiger partial charge on any atom is 0.226 e. The number of hydrogen-bond acceptors (Lipinski definition) is 2. The van der Waals surface area contributed by atoms with Crippen LogP contribution in [0.25, 0.3) is 0 Å². The topological polar surface area (TPSA) is 41.1 Å². The smallest absolute Gasteiger partial charge is 0.226 e. The van der Waals surface area contributed by atoms with E-state index in [0.29, 0.717) is 0 Å². The van der Waals surface area contributed by atoms with Gasteiger partial charge in [-0.25, -0.2) is 8.78 Å². The third kappa shape index (κ3) is 4.04. The molecule has 0 saturated carbocycles. The van der Waals surface area contributed by atoms with E-state index in [-0.39, 0.29) is 24.6 Å². The lowest BCUT2D eigenvalue weighted by Gasteiger charge is -2.11. The molecule has 0 aromatic heterocycles. The number of para-hydroxylation sites is 1. The van der Waals surface area contributed by atoms with E-state index in [0.717, 1.165) is 16.8 Å². The third-order valence-electron chi connectivity index (χ3n) is 3.27. The molecule has 3 nitrogen and oxygen atoms in total. The highest BCUT2D eigenvalue weighted by Crippen LogP contribution is 2.18. The van der Waals surface area contributed by atoms with E-state index in [1.807, 2.05) is 32.0 Å². The predicted octanol–water partition coefficient (Wildman–Crippen LogP) is 4.02. The van der Waals surface area contributed by atoms with Crippen molar-refractivity contribution in [2.75, 3.05) is 17.2 Å². The summed E-state index contributed by atoms with van der Waals surface area (Å²) in [5, 5.41) is 5.40. The molecule has 0 saturated heterocycles. The van der Waals surface area contributed by atoms with Gasteiger partial charge in [0.2, 0.25) is 5.91 Å². The zero-order valence-corrected chi connectivity index (χ0v) is 12.5. The van der Waals surface area contributed by atoms with Gasteiger partial charge < -0.3 is 10.6 Å². The lowest BCUT2D eigenvalue weighted by atomic mass is 10.1. The fraction of sp³-hybridized carbons (Fsp3) is 0.235. The second-order valence-corrected chi connectivity index (χ2v) is 5.14. The van der Waals surface area contributed by atoms with Crippen LogP contribution in [0.15, 0.2) is 36.4 Å². The molecular weight excluding hydrogens is 286 g/mol. The van der Waals surface area contributed by atoms with E-state index in [9.17, 15) is 13.6 Å². The second kappa shape index (κ2) is 7.02. The monoisotopic (exact) mass is 304 g/mol. The standard InChI is InChI=1S/C17H18F2N2O/c1-11-6-7-15(12(2)10-11)21-16(22)8-9-20-17-13(18)4-3-5-14(17)19/h3-7,10,20H,8-9H2,1-2H3,(H,21,22). The van der Waals surface area contributed by atoms with E-state index >= 15 is 0 Å². The lowest BCUT2D eigenvalue weighted by molar-refractivity contribution is -0.115. The maximum atomic E-state index is 13.4. The molecule has 0 unspecified atom stereocenters. The van der Waals surface area contributed by atoms with Gasteiger partial charge in [0.05, 0.1) is 0 Å².